The number of alkyl carbamates (subject to hydrolysis) is 1. The fourth-order valence-corrected chi connectivity index (χ4v) is 2.39. The number of ether oxygens (including phenoxy) is 2. The van der Waals surface area contributed by atoms with Crippen molar-refractivity contribution in [1.82, 2.24) is 5.32 Å². The third-order valence-electron chi connectivity index (χ3n) is 3.74. The highest BCUT2D eigenvalue weighted by Gasteiger charge is 2.24. The van der Waals surface area contributed by atoms with Crippen LogP contribution in [0.1, 0.15) is 58.4 Å². The third kappa shape index (κ3) is 9.75. The molecule has 5 nitrogen and oxygen atoms in total. The lowest BCUT2D eigenvalue weighted by atomic mass is 10.0. The minimum Gasteiger partial charge on any atom is -0.464 e. The second kappa shape index (κ2) is 12.3. The summed E-state index contributed by atoms with van der Waals surface area (Å²) in [4.78, 5) is 24.2. The van der Waals surface area contributed by atoms with Crippen molar-refractivity contribution in [1.29, 1.82) is 0 Å². The molecule has 1 atom stereocenters. The van der Waals surface area contributed by atoms with Crippen LogP contribution in [0.25, 0.3) is 0 Å². The maximum atomic E-state index is 12.2. The lowest BCUT2D eigenvalue weighted by Crippen LogP contribution is -2.43. The lowest BCUT2D eigenvalue weighted by Gasteiger charge is -2.19. The number of amides is 1. The Morgan fingerprint density at radius 1 is 1.04 bits per heavy atom. The van der Waals surface area contributed by atoms with Crippen LogP contribution < -0.4 is 5.32 Å². The molecule has 0 spiro atoms. The van der Waals surface area contributed by atoms with Crippen molar-refractivity contribution in [2.24, 2.45) is 5.92 Å². The van der Waals surface area contributed by atoms with Crippen LogP contribution in [0.2, 0.25) is 0 Å². The summed E-state index contributed by atoms with van der Waals surface area (Å²) in [5.41, 5.74) is 0.900. The molecule has 1 aromatic rings. The zero-order valence-corrected chi connectivity index (χ0v) is 15.6. The predicted molar refractivity (Wildman–Crippen MR) is 98.1 cm³/mol. The number of esters is 1. The second-order valence-corrected chi connectivity index (χ2v) is 6.62. The zero-order chi connectivity index (χ0) is 18.5. The molecule has 0 aliphatic heterocycles. The molecule has 0 heterocycles. The molecule has 0 aliphatic rings. The highest BCUT2D eigenvalue weighted by Crippen LogP contribution is 2.09. The summed E-state index contributed by atoms with van der Waals surface area (Å²) in [5, 5.41) is 2.63. The summed E-state index contributed by atoms with van der Waals surface area (Å²) < 4.78 is 10.5. The van der Waals surface area contributed by atoms with Gasteiger partial charge in [0.2, 0.25) is 0 Å². The molecule has 0 aliphatic carbocycles. The average Bonchev–Trinajstić information content (AvgIpc) is 2.59. The van der Waals surface area contributed by atoms with Crippen LogP contribution in [0, 0.1) is 5.92 Å². The van der Waals surface area contributed by atoms with Gasteiger partial charge in [0.05, 0.1) is 6.61 Å². The maximum Gasteiger partial charge on any atom is 0.408 e. The Kier molecular flexibility index (Phi) is 10.4. The van der Waals surface area contributed by atoms with E-state index in [1.54, 1.807) is 0 Å². The van der Waals surface area contributed by atoms with Crippen molar-refractivity contribution in [2.75, 3.05) is 6.61 Å². The van der Waals surface area contributed by atoms with Crippen molar-refractivity contribution in [3.63, 3.8) is 0 Å². The fraction of sp³-hybridized carbons (Fsp3) is 0.600. The highest BCUT2D eigenvalue weighted by atomic mass is 16.6. The first kappa shape index (κ1) is 21.0. The van der Waals surface area contributed by atoms with E-state index in [2.05, 4.69) is 12.2 Å². The van der Waals surface area contributed by atoms with E-state index in [-0.39, 0.29) is 18.5 Å². The molecule has 0 saturated carbocycles. The van der Waals surface area contributed by atoms with Crippen molar-refractivity contribution in [3.05, 3.63) is 35.9 Å². The van der Waals surface area contributed by atoms with Gasteiger partial charge in [0.15, 0.2) is 0 Å². The Morgan fingerprint density at radius 3 is 2.40 bits per heavy atom. The van der Waals surface area contributed by atoms with E-state index in [1.165, 1.54) is 0 Å². The number of nitrogens with one attached hydrogen (secondary N) is 1. The summed E-state index contributed by atoms with van der Waals surface area (Å²) in [7, 11) is 0. The topological polar surface area (TPSA) is 64.6 Å². The molecule has 0 radical (unpaired) electrons. The van der Waals surface area contributed by atoms with E-state index in [0.717, 1.165) is 31.2 Å². The van der Waals surface area contributed by atoms with E-state index < -0.39 is 12.1 Å². The first-order chi connectivity index (χ1) is 12.0. The van der Waals surface area contributed by atoms with Gasteiger partial charge in [-0.2, -0.15) is 0 Å². The van der Waals surface area contributed by atoms with E-state index in [4.69, 9.17) is 9.47 Å². The van der Waals surface area contributed by atoms with Crippen molar-refractivity contribution >= 4 is 12.1 Å². The molecule has 0 aromatic heterocycles. The number of rotatable bonds is 11. The summed E-state index contributed by atoms with van der Waals surface area (Å²) in [5.74, 6) is -0.131. The monoisotopic (exact) mass is 349 g/mol. The molecule has 5 heteroatoms. The van der Waals surface area contributed by atoms with Crippen molar-refractivity contribution < 1.29 is 19.1 Å². The minimum absolute atomic E-state index is 0.174. The van der Waals surface area contributed by atoms with Crippen LogP contribution in [0.15, 0.2) is 30.3 Å². The van der Waals surface area contributed by atoms with E-state index in [0.29, 0.717) is 13.0 Å². The van der Waals surface area contributed by atoms with E-state index in [1.807, 2.05) is 44.2 Å². The van der Waals surface area contributed by atoms with Crippen molar-refractivity contribution in [2.45, 2.75) is 65.5 Å². The Bertz CT molecular complexity index is 502. The number of unbranched alkanes of at least 4 members (excludes halogenated alkanes) is 3. The number of hydrogen-bond acceptors (Lipinski definition) is 4. The van der Waals surface area contributed by atoms with Gasteiger partial charge in [-0.3, -0.25) is 0 Å². The van der Waals surface area contributed by atoms with Crippen LogP contribution in [0.4, 0.5) is 4.79 Å². The molecule has 25 heavy (non-hydrogen) atoms. The Hall–Kier alpha value is -2.04. The number of benzene rings is 1. The highest BCUT2D eigenvalue weighted by molar-refractivity contribution is 5.81. The quantitative estimate of drug-likeness (QED) is 0.473. The number of hydrogen-bond donors (Lipinski definition) is 1. The zero-order valence-electron chi connectivity index (χ0n) is 15.6. The molecule has 1 amide bonds. The standard InChI is InChI=1S/C20H31NO4/c1-4-5-6-10-13-24-19(22)18(14-16(2)3)21-20(23)25-15-17-11-8-7-9-12-17/h7-9,11-12,16,18H,4-6,10,13-15H2,1-3H3,(H,21,23). The van der Waals surface area contributed by atoms with Crippen molar-refractivity contribution in [3.8, 4) is 0 Å². The van der Waals surface area contributed by atoms with Gasteiger partial charge < -0.3 is 14.8 Å². The van der Waals surface area contributed by atoms with Crippen LogP contribution >= 0.6 is 0 Å². The Morgan fingerprint density at radius 2 is 1.76 bits per heavy atom. The maximum absolute atomic E-state index is 12.2. The molecule has 140 valence electrons. The van der Waals surface area contributed by atoms with E-state index in [9.17, 15) is 9.59 Å². The summed E-state index contributed by atoms with van der Waals surface area (Å²) >= 11 is 0. The van der Waals surface area contributed by atoms with Gasteiger partial charge >= 0.3 is 12.1 Å². The number of carbonyl (C=O) groups excluding carboxylic acids is 2. The largest absolute Gasteiger partial charge is 0.464 e. The molecule has 1 rings (SSSR count). The lowest BCUT2D eigenvalue weighted by molar-refractivity contribution is -0.146. The number of carbonyl (C=O) groups is 2. The molecule has 0 saturated heterocycles. The van der Waals surface area contributed by atoms with Gasteiger partial charge in [-0.25, -0.2) is 9.59 Å². The van der Waals surface area contributed by atoms with Gasteiger partial charge in [0, 0.05) is 0 Å². The molecule has 1 N–H and O–H groups in total. The first-order valence-electron chi connectivity index (χ1n) is 9.16. The summed E-state index contributed by atoms with van der Waals surface area (Å²) in [6.07, 6.45) is 4.10. The first-order valence-corrected chi connectivity index (χ1v) is 9.16. The summed E-state index contributed by atoms with van der Waals surface area (Å²) in [6, 6.07) is 8.75. The smallest absolute Gasteiger partial charge is 0.408 e. The SMILES string of the molecule is CCCCCCOC(=O)C(CC(C)C)NC(=O)OCc1ccccc1. The van der Waals surface area contributed by atoms with Gasteiger partial charge in [-0.05, 0) is 24.3 Å². The molecule has 0 fully saturated rings. The molecular formula is C20H31NO4. The van der Waals surface area contributed by atoms with Gasteiger partial charge in [-0.15, -0.1) is 0 Å². The minimum atomic E-state index is -0.672. The molecular weight excluding hydrogens is 318 g/mol. The normalized spacial score (nSPS) is 11.8. The summed E-state index contributed by atoms with van der Waals surface area (Å²) in [6.45, 7) is 6.70. The second-order valence-electron chi connectivity index (χ2n) is 6.62. The molecule has 1 aromatic carbocycles. The van der Waals surface area contributed by atoms with Crippen LogP contribution in [-0.2, 0) is 20.9 Å². The van der Waals surface area contributed by atoms with Crippen LogP contribution in [0.5, 0.6) is 0 Å². The molecule has 1 unspecified atom stereocenters. The third-order valence-corrected chi connectivity index (χ3v) is 3.74. The Labute approximate surface area is 151 Å². The van der Waals surface area contributed by atoms with Crippen LogP contribution in [0.3, 0.4) is 0 Å². The van der Waals surface area contributed by atoms with Gasteiger partial charge in [-0.1, -0.05) is 70.4 Å². The fourth-order valence-electron chi connectivity index (χ4n) is 2.39. The van der Waals surface area contributed by atoms with Gasteiger partial charge in [0.25, 0.3) is 0 Å². The Balaban J connectivity index is 2.42. The van der Waals surface area contributed by atoms with Crippen LogP contribution in [-0.4, -0.2) is 24.7 Å². The average molecular weight is 349 g/mol. The molecule has 0 bridgehead atoms. The predicted octanol–water partition coefficient (Wildman–Crippen LogP) is 4.45. The van der Waals surface area contributed by atoms with Gasteiger partial charge in [0.1, 0.15) is 12.6 Å². The van der Waals surface area contributed by atoms with E-state index >= 15 is 0 Å².